The van der Waals surface area contributed by atoms with E-state index in [0.717, 1.165) is 10.9 Å². The molecule has 2 amide bonds. The number of nitrogens with one attached hydrogen (secondary N) is 2. The van der Waals surface area contributed by atoms with Gasteiger partial charge in [-0.3, -0.25) is 9.78 Å². The van der Waals surface area contributed by atoms with Crippen LogP contribution in [0.1, 0.15) is 11.1 Å². The lowest BCUT2D eigenvalue weighted by Gasteiger charge is -2.24. The third kappa shape index (κ3) is 4.89. The van der Waals surface area contributed by atoms with Gasteiger partial charge in [-0.25, -0.2) is 4.79 Å². The van der Waals surface area contributed by atoms with Gasteiger partial charge in [-0.05, 0) is 35.9 Å². The van der Waals surface area contributed by atoms with E-state index < -0.39 is 0 Å². The van der Waals surface area contributed by atoms with E-state index in [1.165, 1.54) is 0 Å². The van der Waals surface area contributed by atoms with E-state index in [4.69, 9.17) is 14.2 Å². The molecule has 35 heavy (non-hydrogen) atoms. The largest absolute Gasteiger partial charge is 0.495 e. The van der Waals surface area contributed by atoms with Gasteiger partial charge < -0.3 is 29.4 Å². The zero-order valence-electron chi connectivity index (χ0n) is 19.1. The number of carbonyl (C=O) groups is 1. The Hall–Kier alpha value is -4.53. The van der Waals surface area contributed by atoms with Crippen molar-refractivity contribution in [2.75, 3.05) is 25.6 Å². The Morgan fingerprint density at radius 3 is 2.66 bits per heavy atom. The van der Waals surface area contributed by atoms with Crippen molar-refractivity contribution in [1.82, 2.24) is 14.9 Å². The van der Waals surface area contributed by atoms with Crippen LogP contribution in [0.5, 0.6) is 17.2 Å². The van der Waals surface area contributed by atoms with Crippen molar-refractivity contribution in [3.8, 4) is 17.2 Å². The van der Waals surface area contributed by atoms with E-state index in [-0.39, 0.29) is 24.7 Å². The number of methoxy groups -OCH3 is 1. The van der Waals surface area contributed by atoms with Crippen LogP contribution in [0.4, 0.5) is 10.5 Å². The summed E-state index contributed by atoms with van der Waals surface area (Å²) >= 11 is 0. The summed E-state index contributed by atoms with van der Waals surface area (Å²) in [5.41, 5.74) is 2.16. The highest BCUT2D eigenvalue weighted by Crippen LogP contribution is 2.33. The predicted octanol–water partition coefficient (Wildman–Crippen LogP) is 3.94. The highest BCUT2D eigenvalue weighted by molar-refractivity contribution is 5.91. The third-order valence-electron chi connectivity index (χ3n) is 5.68. The molecule has 0 spiro atoms. The van der Waals surface area contributed by atoms with E-state index >= 15 is 0 Å². The van der Waals surface area contributed by atoms with E-state index in [2.05, 4.69) is 15.3 Å². The second-order valence-corrected chi connectivity index (χ2v) is 8.05. The van der Waals surface area contributed by atoms with Gasteiger partial charge in [-0.1, -0.05) is 18.2 Å². The fourth-order valence-corrected chi connectivity index (χ4v) is 3.96. The van der Waals surface area contributed by atoms with Crippen LogP contribution in [0.3, 0.4) is 0 Å². The highest BCUT2D eigenvalue weighted by Gasteiger charge is 2.20. The topological polar surface area (TPSA) is 106 Å². The second kappa shape index (κ2) is 9.76. The van der Waals surface area contributed by atoms with Gasteiger partial charge in [0.2, 0.25) is 0 Å². The number of rotatable bonds is 6. The molecule has 2 N–H and O–H groups in total. The molecule has 2 aromatic carbocycles. The molecule has 3 heterocycles. The summed E-state index contributed by atoms with van der Waals surface area (Å²) in [5, 5.41) is 3.68. The number of ether oxygens (including phenoxy) is 3. The van der Waals surface area contributed by atoms with Crippen LogP contribution in [0.2, 0.25) is 0 Å². The summed E-state index contributed by atoms with van der Waals surface area (Å²) in [7, 11) is 1.54. The van der Waals surface area contributed by atoms with Gasteiger partial charge in [-0.15, -0.1) is 0 Å². The molecule has 0 fully saturated rings. The molecular formula is C26H24N4O5. The second-order valence-electron chi connectivity index (χ2n) is 8.05. The molecule has 9 nitrogen and oxygen atoms in total. The zero-order valence-corrected chi connectivity index (χ0v) is 19.1. The Morgan fingerprint density at radius 1 is 1.09 bits per heavy atom. The average Bonchev–Trinajstić information content (AvgIpc) is 2.88. The van der Waals surface area contributed by atoms with E-state index in [0.29, 0.717) is 47.2 Å². The van der Waals surface area contributed by atoms with Crippen molar-refractivity contribution in [3.05, 3.63) is 88.5 Å². The summed E-state index contributed by atoms with van der Waals surface area (Å²) in [4.78, 5) is 34.9. The average molecular weight is 473 g/mol. The van der Waals surface area contributed by atoms with Gasteiger partial charge in [0.25, 0.3) is 5.56 Å². The number of nitrogens with zero attached hydrogens (tertiary/aromatic N) is 2. The van der Waals surface area contributed by atoms with Gasteiger partial charge in [0.1, 0.15) is 19.0 Å². The number of anilines is 1. The molecule has 1 aliphatic rings. The number of pyridine rings is 2. The Balaban J connectivity index is 1.47. The van der Waals surface area contributed by atoms with Crippen molar-refractivity contribution >= 4 is 22.6 Å². The molecule has 2 aromatic heterocycles. The minimum absolute atomic E-state index is 0.0790. The summed E-state index contributed by atoms with van der Waals surface area (Å²) in [6, 6.07) is 15.8. The van der Waals surface area contributed by atoms with Crippen molar-refractivity contribution < 1.29 is 19.0 Å². The molecule has 5 rings (SSSR count). The van der Waals surface area contributed by atoms with Crippen molar-refractivity contribution in [1.29, 1.82) is 0 Å². The van der Waals surface area contributed by atoms with Crippen LogP contribution in [-0.2, 0) is 13.1 Å². The normalized spacial score (nSPS) is 12.3. The molecule has 178 valence electrons. The van der Waals surface area contributed by atoms with E-state index in [9.17, 15) is 9.59 Å². The van der Waals surface area contributed by atoms with Crippen LogP contribution in [0.25, 0.3) is 10.9 Å². The third-order valence-corrected chi connectivity index (χ3v) is 5.68. The maximum absolute atomic E-state index is 13.3. The van der Waals surface area contributed by atoms with Crippen molar-refractivity contribution in [3.63, 3.8) is 0 Å². The summed E-state index contributed by atoms with van der Waals surface area (Å²) in [6.45, 7) is 1.27. The SMILES string of the molecule is COc1ccccc1NC(=O)N(Cc1cccnc1)Cc1cc2cc3c(cc2[nH]c1=O)OCCO3. The molecule has 1 aliphatic heterocycles. The van der Waals surface area contributed by atoms with E-state index in [1.807, 2.05) is 24.3 Å². The zero-order chi connectivity index (χ0) is 24.2. The monoisotopic (exact) mass is 472 g/mol. The number of aromatic nitrogens is 2. The van der Waals surface area contributed by atoms with E-state index in [1.54, 1.807) is 54.7 Å². The smallest absolute Gasteiger partial charge is 0.322 e. The molecule has 0 saturated carbocycles. The van der Waals surface area contributed by atoms with Crippen LogP contribution >= 0.6 is 0 Å². The Kier molecular flexibility index (Phi) is 6.21. The molecule has 4 aromatic rings. The number of carbonyl (C=O) groups excluding carboxylic acids is 1. The molecule has 9 heteroatoms. The van der Waals surface area contributed by atoms with Gasteiger partial charge in [0, 0.05) is 36.0 Å². The van der Waals surface area contributed by atoms with Gasteiger partial charge in [0.05, 0.1) is 24.9 Å². The first-order valence-electron chi connectivity index (χ1n) is 11.1. The number of para-hydroxylation sites is 2. The van der Waals surface area contributed by atoms with Crippen LogP contribution < -0.4 is 25.1 Å². The fourth-order valence-electron chi connectivity index (χ4n) is 3.96. The molecule has 0 saturated heterocycles. The Labute approximate surface area is 201 Å². The van der Waals surface area contributed by atoms with Gasteiger partial charge in [-0.2, -0.15) is 0 Å². The van der Waals surface area contributed by atoms with Crippen molar-refractivity contribution in [2.45, 2.75) is 13.1 Å². The minimum atomic E-state index is -0.375. The number of benzene rings is 2. The maximum atomic E-state index is 13.3. The number of amides is 2. The molecular weight excluding hydrogens is 448 g/mol. The number of H-pyrrole nitrogens is 1. The fraction of sp³-hybridized carbons (Fsp3) is 0.192. The molecule has 0 unspecified atom stereocenters. The first-order valence-corrected chi connectivity index (χ1v) is 11.1. The van der Waals surface area contributed by atoms with Crippen LogP contribution in [0, 0.1) is 0 Å². The lowest BCUT2D eigenvalue weighted by Crippen LogP contribution is -2.35. The molecule has 0 aliphatic carbocycles. The first kappa shape index (κ1) is 22.3. The van der Waals surface area contributed by atoms with Gasteiger partial charge >= 0.3 is 6.03 Å². The minimum Gasteiger partial charge on any atom is -0.495 e. The number of fused-ring (bicyclic) bond motifs is 2. The Morgan fingerprint density at radius 2 is 1.89 bits per heavy atom. The van der Waals surface area contributed by atoms with Crippen molar-refractivity contribution in [2.24, 2.45) is 0 Å². The molecule has 0 bridgehead atoms. The lowest BCUT2D eigenvalue weighted by atomic mass is 10.1. The summed E-state index contributed by atoms with van der Waals surface area (Å²) < 4.78 is 16.6. The number of urea groups is 1. The number of aromatic amines is 1. The number of hydrogen-bond donors (Lipinski definition) is 2. The first-order chi connectivity index (χ1) is 17.1. The van der Waals surface area contributed by atoms with Crippen LogP contribution in [0.15, 0.2) is 71.8 Å². The number of hydrogen-bond acceptors (Lipinski definition) is 6. The molecule has 0 radical (unpaired) electrons. The van der Waals surface area contributed by atoms with Gasteiger partial charge in [0.15, 0.2) is 11.5 Å². The predicted molar refractivity (Wildman–Crippen MR) is 131 cm³/mol. The maximum Gasteiger partial charge on any atom is 0.322 e. The highest BCUT2D eigenvalue weighted by atomic mass is 16.6. The Bertz CT molecular complexity index is 1420. The standard InChI is InChI=1S/C26H24N4O5/c1-33-22-7-3-2-6-20(22)29-26(32)30(15-17-5-4-8-27-14-17)16-19-11-18-12-23-24(35-10-9-34-23)13-21(18)28-25(19)31/h2-8,11-14H,9-10,15-16H2,1H3,(H,28,31)(H,29,32). The summed E-state index contributed by atoms with van der Waals surface area (Å²) in [5.74, 6) is 1.77. The summed E-state index contributed by atoms with van der Waals surface area (Å²) in [6.07, 6.45) is 3.36. The quantitative estimate of drug-likeness (QED) is 0.440. The molecule has 0 atom stereocenters. The van der Waals surface area contributed by atoms with Crippen LogP contribution in [-0.4, -0.2) is 41.2 Å². The lowest BCUT2D eigenvalue weighted by molar-refractivity contribution is 0.172.